The number of aromatic nitrogens is 1. The van der Waals surface area contributed by atoms with E-state index in [1.165, 1.54) is 6.20 Å². The summed E-state index contributed by atoms with van der Waals surface area (Å²) in [6, 6.07) is 21.8. The number of anilines is 2. The second-order valence-electron chi connectivity index (χ2n) is 5.93. The van der Waals surface area contributed by atoms with Gasteiger partial charge in [-0.1, -0.05) is 24.3 Å². The van der Waals surface area contributed by atoms with Gasteiger partial charge in [0, 0.05) is 18.1 Å². The number of hydrogen-bond donors (Lipinski definition) is 2. The van der Waals surface area contributed by atoms with Crippen LogP contribution in [0.5, 0.6) is 11.5 Å². The number of carbonyl (C=O) groups excluding carboxylic acids is 1. The molecule has 2 aromatic carbocycles. The summed E-state index contributed by atoms with van der Waals surface area (Å²) in [6.07, 6.45) is 3.03. The minimum Gasteiger partial charge on any atom is -0.457 e. The minimum atomic E-state index is -0.515. The van der Waals surface area contributed by atoms with E-state index < -0.39 is 5.91 Å². The number of ether oxygens (including phenoxy) is 1. The van der Waals surface area contributed by atoms with Crippen LogP contribution in [0.15, 0.2) is 84.7 Å². The average Bonchev–Trinajstić information content (AvgIpc) is 2.72. The van der Waals surface area contributed by atoms with Gasteiger partial charge in [0.05, 0.1) is 0 Å². The van der Waals surface area contributed by atoms with Crippen LogP contribution in [0.3, 0.4) is 0 Å². The van der Waals surface area contributed by atoms with E-state index in [1.54, 1.807) is 36.5 Å². The molecular formula is C22H18N4O2. The number of nitrogens with one attached hydrogen (secondary N) is 2. The highest BCUT2D eigenvalue weighted by atomic mass is 16.5. The van der Waals surface area contributed by atoms with Crippen LogP contribution in [-0.2, 0) is 4.79 Å². The molecule has 6 heteroatoms. The molecule has 3 aromatic rings. The monoisotopic (exact) mass is 370 g/mol. The molecule has 28 heavy (non-hydrogen) atoms. The number of para-hydroxylation sites is 1. The van der Waals surface area contributed by atoms with E-state index in [2.05, 4.69) is 15.6 Å². The topological polar surface area (TPSA) is 87.0 Å². The van der Waals surface area contributed by atoms with Crippen LogP contribution in [0.1, 0.15) is 5.56 Å². The standard InChI is InChI=1S/C22H18N4O2/c1-16-7-12-21(24-14-16)25-15-17(13-23)22(27)26-18-8-10-20(11-9-18)28-19-5-3-2-4-6-19/h2-12,14-15H,1H3,(H,24,25)(H,26,27)/b17-15-. The summed E-state index contributed by atoms with van der Waals surface area (Å²) in [6.45, 7) is 1.93. The molecule has 0 aliphatic carbocycles. The summed E-state index contributed by atoms with van der Waals surface area (Å²) in [5.41, 5.74) is 1.51. The fourth-order valence-corrected chi connectivity index (χ4v) is 2.28. The van der Waals surface area contributed by atoms with Gasteiger partial charge in [0.1, 0.15) is 29.0 Å². The van der Waals surface area contributed by atoms with E-state index in [1.807, 2.05) is 49.4 Å². The van der Waals surface area contributed by atoms with Crippen molar-refractivity contribution in [2.75, 3.05) is 10.6 Å². The first-order chi connectivity index (χ1) is 13.6. The predicted molar refractivity (Wildman–Crippen MR) is 108 cm³/mol. The van der Waals surface area contributed by atoms with Crippen molar-refractivity contribution in [1.29, 1.82) is 5.26 Å². The quantitative estimate of drug-likeness (QED) is 0.487. The first kappa shape index (κ1) is 18.7. The van der Waals surface area contributed by atoms with Gasteiger partial charge in [0.2, 0.25) is 0 Å². The van der Waals surface area contributed by atoms with Crippen molar-refractivity contribution >= 4 is 17.4 Å². The Labute approximate surface area is 163 Å². The molecule has 1 amide bonds. The Hall–Kier alpha value is -4.11. The first-order valence-corrected chi connectivity index (χ1v) is 8.58. The summed E-state index contributed by atoms with van der Waals surface area (Å²) in [7, 11) is 0. The molecule has 1 aromatic heterocycles. The van der Waals surface area contributed by atoms with Gasteiger partial charge in [0.15, 0.2) is 0 Å². The Balaban J connectivity index is 1.61. The van der Waals surface area contributed by atoms with E-state index in [0.29, 0.717) is 17.3 Å². The van der Waals surface area contributed by atoms with E-state index >= 15 is 0 Å². The number of hydrogen-bond acceptors (Lipinski definition) is 5. The highest BCUT2D eigenvalue weighted by Gasteiger charge is 2.09. The second kappa shape index (κ2) is 9.01. The zero-order chi connectivity index (χ0) is 19.8. The average molecular weight is 370 g/mol. The van der Waals surface area contributed by atoms with Gasteiger partial charge >= 0.3 is 0 Å². The molecule has 0 aliphatic heterocycles. The Morgan fingerprint density at radius 1 is 1.04 bits per heavy atom. The zero-order valence-corrected chi connectivity index (χ0v) is 15.2. The molecule has 2 N–H and O–H groups in total. The maximum atomic E-state index is 12.3. The lowest BCUT2D eigenvalue weighted by Crippen LogP contribution is -2.14. The fourth-order valence-electron chi connectivity index (χ4n) is 2.28. The van der Waals surface area contributed by atoms with Gasteiger partial charge in [-0.25, -0.2) is 4.98 Å². The van der Waals surface area contributed by atoms with E-state index in [9.17, 15) is 10.1 Å². The number of rotatable bonds is 6. The number of nitriles is 1. The third-order valence-corrected chi connectivity index (χ3v) is 3.73. The Morgan fingerprint density at radius 2 is 1.75 bits per heavy atom. The number of pyridine rings is 1. The summed E-state index contributed by atoms with van der Waals surface area (Å²) < 4.78 is 5.71. The SMILES string of the molecule is Cc1ccc(N/C=C(/C#N)C(=O)Nc2ccc(Oc3ccccc3)cc2)nc1. The van der Waals surface area contributed by atoms with Crippen molar-refractivity contribution in [2.24, 2.45) is 0 Å². The van der Waals surface area contributed by atoms with Gasteiger partial charge in [-0.2, -0.15) is 5.26 Å². The van der Waals surface area contributed by atoms with Crippen molar-refractivity contribution in [1.82, 2.24) is 4.98 Å². The van der Waals surface area contributed by atoms with Crippen molar-refractivity contribution in [3.05, 3.63) is 90.3 Å². The van der Waals surface area contributed by atoms with Crippen LogP contribution < -0.4 is 15.4 Å². The molecule has 1 heterocycles. The maximum absolute atomic E-state index is 12.3. The fraction of sp³-hybridized carbons (Fsp3) is 0.0455. The summed E-state index contributed by atoms with van der Waals surface area (Å²) in [4.78, 5) is 16.5. The Morgan fingerprint density at radius 3 is 2.39 bits per heavy atom. The largest absolute Gasteiger partial charge is 0.457 e. The van der Waals surface area contributed by atoms with Gasteiger partial charge in [-0.15, -0.1) is 0 Å². The molecule has 3 rings (SSSR count). The molecule has 0 spiro atoms. The Bertz CT molecular complexity index is 1010. The van der Waals surface area contributed by atoms with E-state index in [0.717, 1.165) is 11.3 Å². The normalized spacial score (nSPS) is 10.6. The van der Waals surface area contributed by atoms with Gasteiger partial charge in [-0.05, 0) is 55.0 Å². The molecule has 138 valence electrons. The molecule has 0 bridgehead atoms. The van der Waals surface area contributed by atoms with Crippen LogP contribution >= 0.6 is 0 Å². The lowest BCUT2D eigenvalue weighted by molar-refractivity contribution is -0.112. The van der Waals surface area contributed by atoms with E-state index in [4.69, 9.17) is 4.74 Å². The molecule has 0 saturated heterocycles. The van der Waals surface area contributed by atoms with Crippen LogP contribution in [-0.4, -0.2) is 10.9 Å². The third-order valence-electron chi connectivity index (χ3n) is 3.73. The number of benzene rings is 2. The third kappa shape index (κ3) is 5.19. The number of carbonyl (C=O) groups is 1. The highest BCUT2D eigenvalue weighted by Crippen LogP contribution is 2.22. The molecule has 0 unspecified atom stereocenters. The summed E-state index contributed by atoms with van der Waals surface area (Å²) in [5, 5.41) is 14.8. The van der Waals surface area contributed by atoms with Crippen molar-refractivity contribution < 1.29 is 9.53 Å². The van der Waals surface area contributed by atoms with Crippen LogP contribution in [0.25, 0.3) is 0 Å². The number of aryl methyl sites for hydroxylation is 1. The highest BCUT2D eigenvalue weighted by molar-refractivity contribution is 6.06. The molecule has 0 saturated carbocycles. The smallest absolute Gasteiger partial charge is 0.267 e. The molecular weight excluding hydrogens is 352 g/mol. The maximum Gasteiger partial charge on any atom is 0.267 e. The van der Waals surface area contributed by atoms with E-state index in [-0.39, 0.29) is 5.57 Å². The lowest BCUT2D eigenvalue weighted by atomic mass is 10.2. The minimum absolute atomic E-state index is 0.0630. The lowest BCUT2D eigenvalue weighted by Gasteiger charge is -2.08. The van der Waals surface area contributed by atoms with Crippen LogP contribution in [0.2, 0.25) is 0 Å². The van der Waals surface area contributed by atoms with Crippen molar-refractivity contribution in [2.45, 2.75) is 6.92 Å². The second-order valence-corrected chi connectivity index (χ2v) is 5.93. The summed E-state index contributed by atoms with van der Waals surface area (Å²) >= 11 is 0. The number of amides is 1. The van der Waals surface area contributed by atoms with Crippen molar-refractivity contribution in [3.63, 3.8) is 0 Å². The van der Waals surface area contributed by atoms with Crippen LogP contribution in [0, 0.1) is 18.3 Å². The summed E-state index contributed by atoms with van der Waals surface area (Å²) in [5.74, 6) is 1.41. The molecule has 0 radical (unpaired) electrons. The molecule has 0 fully saturated rings. The van der Waals surface area contributed by atoms with Gasteiger partial charge in [0.25, 0.3) is 5.91 Å². The van der Waals surface area contributed by atoms with Crippen LogP contribution in [0.4, 0.5) is 11.5 Å². The molecule has 0 atom stereocenters. The Kier molecular flexibility index (Phi) is 6.01. The molecule has 6 nitrogen and oxygen atoms in total. The zero-order valence-electron chi connectivity index (χ0n) is 15.2. The van der Waals surface area contributed by atoms with Gasteiger partial charge in [-0.3, -0.25) is 4.79 Å². The number of nitrogens with zero attached hydrogens (tertiary/aromatic N) is 2. The van der Waals surface area contributed by atoms with Gasteiger partial charge < -0.3 is 15.4 Å². The first-order valence-electron chi connectivity index (χ1n) is 8.58. The van der Waals surface area contributed by atoms with Crippen molar-refractivity contribution in [3.8, 4) is 17.6 Å². The molecule has 0 aliphatic rings. The predicted octanol–water partition coefficient (Wildman–Crippen LogP) is 4.64.